The third kappa shape index (κ3) is 3.26. The molecule has 1 aromatic carbocycles. The van der Waals surface area contributed by atoms with Crippen LogP contribution in [0.4, 0.5) is 4.39 Å². The lowest BCUT2D eigenvalue weighted by Crippen LogP contribution is -2.42. The van der Waals surface area contributed by atoms with Crippen molar-refractivity contribution in [2.45, 2.75) is 38.6 Å². The average molecular weight is 290 g/mol. The van der Waals surface area contributed by atoms with Gasteiger partial charge in [-0.1, -0.05) is 12.1 Å². The molecule has 0 radical (unpaired) electrons. The van der Waals surface area contributed by atoms with E-state index in [0.29, 0.717) is 17.5 Å². The summed E-state index contributed by atoms with van der Waals surface area (Å²) in [6.07, 6.45) is 4.43. The topological polar surface area (TPSA) is 32.3 Å². The fourth-order valence-electron chi connectivity index (χ4n) is 3.11. The number of hydrogen-bond acceptors (Lipinski definition) is 2. The minimum absolute atomic E-state index is 0.135. The fraction of sp³-hybridized carbons (Fsp3) is 0.588. The highest BCUT2D eigenvalue weighted by Gasteiger charge is 2.35. The SMILES string of the molecule is Cc1cccc(C(=O)N(CC2CCCNC2)C2CC2)c1F. The van der Waals surface area contributed by atoms with Crippen LogP contribution in [0.25, 0.3) is 0 Å². The first kappa shape index (κ1) is 14.5. The van der Waals surface area contributed by atoms with Crippen LogP contribution in [0.3, 0.4) is 0 Å². The Balaban J connectivity index is 1.76. The van der Waals surface area contributed by atoms with Gasteiger partial charge in [-0.2, -0.15) is 0 Å². The van der Waals surface area contributed by atoms with Crippen LogP contribution in [-0.4, -0.2) is 36.5 Å². The Kier molecular flexibility index (Phi) is 4.24. The third-order valence-corrected chi connectivity index (χ3v) is 4.52. The number of amides is 1. The van der Waals surface area contributed by atoms with Crippen molar-refractivity contribution in [3.63, 3.8) is 0 Å². The number of hydrogen-bond donors (Lipinski definition) is 1. The summed E-state index contributed by atoms with van der Waals surface area (Å²) in [5.41, 5.74) is 0.765. The molecule has 0 aromatic heterocycles. The molecule has 1 atom stereocenters. The average Bonchev–Trinajstić information content (AvgIpc) is 3.33. The van der Waals surface area contributed by atoms with Crippen molar-refractivity contribution in [3.8, 4) is 0 Å². The lowest BCUT2D eigenvalue weighted by Gasteiger charge is -2.30. The Labute approximate surface area is 125 Å². The van der Waals surface area contributed by atoms with Crippen LogP contribution in [-0.2, 0) is 0 Å². The number of nitrogens with zero attached hydrogens (tertiary/aromatic N) is 1. The molecule has 1 unspecified atom stereocenters. The summed E-state index contributed by atoms with van der Waals surface area (Å²) in [5.74, 6) is -0.00429. The standard InChI is InChI=1S/C17H23FN2O/c1-12-4-2-6-15(16(12)18)17(21)20(14-7-8-14)11-13-5-3-9-19-10-13/h2,4,6,13-14,19H,3,5,7-11H2,1H3. The fourth-order valence-corrected chi connectivity index (χ4v) is 3.11. The second-order valence-electron chi connectivity index (χ2n) is 6.34. The Morgan fingerprint density at radius 2 is 2.19 bits per heavy atom. The molecule has 1 amide bonds. The lowest BCUT2D eigenvalue weighted by atomic mass is 9.98. The van der Waals surface area contributed by atoms with Gasteiger partial charge < -0.3 is 10.2 Å². The van der Waals surface area contributed by atoms with Crippen molar-refractivity contribution >= 4 is 5.91 Å². The van der Waals surface area contributed by atoms with Gasteiger partial charge in [-0.25, -0.2) is 4.39 Å². The van der Waals surface area contributed by atoms with Crippen molar-refractivity contribution < 1.29 is 9.18 Å². The predicted octanol–water partition coefficient (Wildman–Crippen LogP) is 2.74. The van der Waals surface area contributed by atoms with E-state index in [1.54, 1.807) is 25.1 Å². The zero-order chi connectivity index (χ0) is 14.8. The molecule has 1 aromatic rings. The molecule has 3 rings (SSSR count). The van der Waals surface area contributed by atoms with E-state index in [2.05, 4.69) is 5.32 Å². The quantitative estimate of drug-likeness (QED) is 0.925. The number of nitrogens with one attached hydrogen (secondary N) is 1. The monoisotopic (exact) mass is 290 g/mol. The largest absolute Gasteiger partial charge is 0.335 e. The van der Waals surface area contributed by atoms with Gasteiger partial charge in [0.05, 0.1) is 5.56 Å². The number of piperidine rings is 1. The second kappa shape index (κ2) is 6.14. The summed E-state index contributed by atoms with van der Waals surface area (Å²) in [4.78, 5) is 14.7. The summed E-state index contributed by atoms with van der Waals surface area (Å²) in [7, 11) is 0. The van der Waals surface area contributed by atoms with Gasteiger partial charge in [-0.3, -0.25) is 4.79 Å². The Bertz CT molecular complexity index is 522. The van der Waals surface area contributed by atoms with Crippen molar-refractivity contribution in [2.24, 2.45) is 5.92 Å². The molecule has 2 aliphatic rings. The molecular weight excluding hydrogens is 267 g/mol. The van der Waals surface area contributed by atoms with Crippen molar-refractivity contribution in [3.05, 3.63) is 35.1 Å². The maximum Gasteiger partial charge on any atom is 0.257 e. The number of carbonyl (C=O) groups excluding carboxylic acids is 1. The molecule has 1 N–H and O–H groups in total. The maximum absolute atomic E-state index is 14.2. The van der Waals surface area contributed by atoms with Crippen LogP contribution in [0.1, 0.15) is 41.6 Å². The van der Waals surface area contributed by atoms with Gasteiger partial charge in [0.2, 0.25) is 0 Å². The summed E-state index contributed by atoms with van der Waals surface area (Å²) < 4.78 is 14.2. The van der Waals surface area contributed by atoms with Crippen LogP contribution in [0, 0.1) is 18.7 Å². The molecule has 4 heteroatoms. The van der Waals surface area contributed by atoms with E-state index in [9.17, 15) is 9.18 Å². The predicted molar refractivity (Wildman–Crippen MR) is 80.8 cm³/mol. The van der Waals surface area contributed by atoms with Crippen molar-refractivity contribution in [2.75, 3.05) is 19.6 Å². The molecule has 1 saturated heterocycles. The number of carbonyl (C=O) groups is 1. The molecule has 3 nitrogen and oxygen atoms in total. The van der Waals surface area contributed by atoms with E-state index in [1.165, 1.54) is 0 Å². The summed E-state index contributed by atoms with van der Waals surface area (Å²) in [6.45, 7) is 4.50. The van der Waals surface area contributed by atoms with Crippen molar-refractivity contribution in [1.82, 2.24) is 10.2 Å². The summed E-state index contributed by atoms with van der Waals surface area (Å²) in [5, 5.41) is 3.39. The van der Waals surface area contributed by atoms with E-state index in [4.69, 9.17) is 0 Å². The van der Waals surface area contributed by atoms with Gasteiger partial charge in [0.15, 0.2) is 0 Å². The molecule has 114 valence electrons. The molecule has 1 heterocycles. The Morgan fingerprint density at radius 1 is 1.38 bits per heavy atom. The summed E-state index contributed by atoms with van der Waals surface area (Å²) in [6, 6.07) is 5.40. The van der Waals surface area contributed by atoms with Gasteiger partial charge in [0.25, 0.3) is 5.91 Å². The molecule has 0 spiro atoms. The number of halogens is 1. The second-order valence-corrected chi connectivity index (χ2v) is 6.34. The van der Waals surface area contributed by atoms with Crippen LogP contribution in [0.5, 0.6) is 0 Å². The smallest absolute Gasteiger partial charge is 0.257 e. The van der Waals surface area contributed by atoms with E-state index in [0.717, 1.165) is 45.3 Å². The first-order valence-electron chi connectivity index (χ1n) is 7.93. The van der Waals surface area contributed by atoms with Crippen LogP contribution in [0.2, 0.25) is 0 Å². The molecule has 1 saturated carbocycles. The normalized spacial score (nSPS) is 22.1. The number of rotatable bonds is 4. The minimum atomic E-state index is -0.366. The molecule has 1 aliphatic carbocycles. The number of benzene rings is 1. The highest BCUT2D eigenvalue weighted by Crippen LogP contribution is 2.30. The molecular formula is C17H23FN2O. The zero-order valence-corrected chi connectivity index (χ0v) is 12.6. The first-order chi connectivity index (χ1) is 10.2. The van der Waals surface area contributed by atoms with Crippen LogP contribution in [0.15, 0.2) is 18.2 Å². The van der Waals surface area contributed by atoms with E-state index >= 15 is 0 Å². The van der Waals surface area contributed by atoms with Crippen LogP contribution < -0.4 is 5.32 Å². The lowest BCUT2D eigenvalue weighted by molar-refractivity contribution is 0.0699. The van der Waals surface area contributed by atoms with Gasteiger partial charge in [0, 0.05) is 12.6 Å². The molecule has 2 fully saturated rings. The molecule has 0 bridgehead atoms. The van der Waals surface area contributed by atoms with Gasteiger partial charge in [0.1, 0.15) is 5.82 Å². The first-order valence-corrected chi connectivity index (χ1v) is 7.93. The van der Waals surface area contributed by atoms with Gasteiger partial charge in [-0.05, 0) is 63.2 Å². The molecule has 21 heavy (non-hydrogen) atoms. The van der Waals surface area contributed by atoms with Crippen LogP contribution >= 0.6 is 0 Å². The highest BCUT2D eigenvalue weighted by atomic mass is 19.1. The zero-order valence-electron chi connectivity index (χ0n) is 12.6. The minimum Gasteiger partial charge on any atom is -0.335 e. The summed E-state index contributed by atoms with van der Waals surface area (Å²) >= 11 is 0. The van der Waals surface area contributed by atoms with E-state index in [-0.39, 0.29) is 17.3 Å². The van der Waals surface area contributed by atoms with E-state index in [1.807, 2.05) is 4.90 Å². The van der Waals surface area contributed by atoms with Crippen molar-refractivity contribution in [1.29, 1.82) is 0 Å². The third-order valence-electron chi connectivity index (χ3n) is 4.52. The Morgan fingerprint density at radius 3 is 2.86 bits per heavy atom. The molecule has 1 aliphatic heterocycles. The Hall–Kier alpha value is -1.42. The maximum atomic E-state index is 14.2. The number of aryl methyl sites for hydroxylation is 1. The highest BCUT2D eigenvalue weighted by molar-refractivity contribution is 5.95. The van der Waals surface area contributed by atoms with Gasteiger partial charge in [-0.15, -0.1) is 0 Å². The van der Waals surface area contributed by atoms with Gasteiger partial charge >= 0.3 is 0 Å². The van der Waals surface area contributed by atoms with E-state index < -0.39 is 0 Å².